The van der Waals surface area contributed by atoms with Crippen molar-refractivity contribution in [3.63, 3.8) is 0 Å². The van der Waals surface area contributed by atoms with E-state index in [1.54, 1.807) is 18.5 Å². The van der Waals surface area contributed by atoms with E-state index < -0.39 is 0 Å². The van der Waals surface area contributed by atoms with Crippen molar-refractivity contribution in [2.75, 3.05) is 42.6 Å². The largest absolute Gasteiger partial charge is 0.356 e. The predicted molar refractivity (Wildman–Crippen MR) is 93.6 cm³/mol. The Balaban J connectivity index is 1.51. The van der Waals surface area contributed by atoms with E-state index in [1.807, 2.05) is 0 Å². The van der Waals surface area contributed by atoms with Crippen LogP contribution in [0, 0.1) is 5.82 Å². The lowest BCUT2D eigenvalue weighted by Crippen LogP contribution is -2.48. The molecule has 2 aliphatic heterocycles. The molecule has 0 atom stereocenters. The van der Waals surface area contributed by atoms with Crippen LogP contribution in [0.2, 0.25) is 0 Å². The summed E-state index contributed by atoms with van der Waals surface area (Å²) in [7, 11) is 0. The van der Waals surface area contributed by atoms with Gasteiger partial charge in [0, 0.05) is 49.1 Å². The highest BCUT2D eigenvalue weighted by atomic mass is 32.2. The van der Waals surface area contributed by atoms with Gasteiger partial charge >= 0.3 is 0 Å². The van der Waals surface area contributed by atoms with E-state index in [4.69, 9.17) is 0 Å². The van der Waals surface area contributed by atoms with Crippen LogP contribution in [-0.2, 0) is 0 Å². The van der Waals surface area contributed by atoms with Crippen molar-refractivity contribution in [2.24, 2.45) is 0 Å². The number of thioether (sulfide) groups is 1. The fourth-order valence-electron chi connectivity index (χ4n) is 3.65. The highest BCUT2D eigenvalue weighted by Gasteiger charge is 2.26. The second-order valence-corrected chi connectivity index (χ2v) is 7.45. The summed E-state index contributed by atoms with van der Waals surface area (Å²) in [6.45, 7) is 4.40. The summed E-state index contributed by atoms with van der Waals surface area (Å²) >= 11 is 2.06. The zero-order chi connectivity index (χ0) is 15.6. The molecule has 0 unspecified atom stereocenters. The third kappa shape index (κ3) is 3.15. The first-order valence-electron chi connectivity index (χ1n) is 8.28. The van der Waals surface area contributed by atoms with Crippen LogP contribution in [0.25, 0.3) is 10.9 Å². The molecule has 23 heavy (non-hydrogen) atoms. The van der Waals surface area contributed by atoms with Crippen molar-refractivity contribution < 1.29 is 4.39 Å². The molecule has 2 fully saturated rings. The average molecular weight is 332 g/mol. The second-order valence-electron chi connectivity index (χ2n) is 6.23. The van der Waals surface area contributed by atoms with Crippen LogP contribution in [0.3, 0.4) is 0 Å². The highest BCUT2D eigenvalue weighted by molar-refractivity contribution is 7.99. The number of piperidine rings is 1. The first kappa shape index (κ1) is 15.1. The Morgan fingerprint density at radius 3 is 2.61 bits per heavy atom. The van der Waals surface area contributed by atoms with Crippen LogP contribution in [0.1, 0.15) is 12.8 Å². The van der Waals surface area contributed by atoms with Gasteiger partial charge in [0.25, 0.3) is 0 Å². The lowest BCUT2D eigenvalue weighted by atomic mass is 10.0. The molecule has 2 aliphatic rings. The molecule has 4 nitrogen and oxygen atoms in total. The standard InChI is InChI=1S/C17H21FN4S/c18-13-1-2-16-15(11-13)17(20-12-19-16)22-5-3-14(4-6-22)21-7-9-23-10-8-21/h1-2,11-12,14H,3-10H2. The third-order valence-corrected chi connectivity index (χ3v) is 5.84. The van der Waals surface area contributed by atoms with Gasteiger partial charge in [0.2, 0.25) is 0 Å². The predicted octanol–water partition coefficient (Wildman–Crippen LogP) is 2.79. The monoisotopic (exact) mass is 332 g/mol. The molecule has 0 radical (unpaired) electrons. The topological polar surface area (TPSA) is 32.3 Å². The molecule has 0 N–H and O–H groups in total. The van der Waals surface area contributed by atoms with Crippen molar-refractivity contribution in [2.45, 2.75) is 18.9 Å². The molecule has 0 amide bonds. The number of anilines is 1. The van der Waals surface area contributed by atoms with E-state index in [0.29, 0.717) is 6.04 Å². The number of fused-ring (bicyclic) bond motifs is 1. The maximum Gasteiger partial charge on any atom is 0.139 e. The van der Waals surface area contributed by atoms with Crippen molar-refractivity contribution in [3.8, 4) is 0 Å². The minimum Gasteiger partial charge on any atom is -0.356 e. The van der Waals surface area contributed by atoms with E-state index >= 15 is 0 Å². The molecule has 2 saturated heterocycles. The number of hydrogen-bond donors (Lipinski definition) is 0. The number of nitrogens with zero attached hydrogens (tertiary/aromatic N) is 4. The quantitative estimate of drug-likeness (QED) is 0.844. The van der Waals surface area contributed by atoms with Crippen molar-refractivity contribution >= 4 is 28.5 Å². The van der Waals surface area contributed by atoms with Gasteiger partial charge in [0.05, 0.1) is 5.52 Å². The van der Waals surface area contributed by atoms with Gasteiger partial charge in [0.15, 0.2) is 0 Å². The van der Waals surface area contributed by atoms with Crippen LogP contribution >= 0.6 is 11.8 Å². The number of hydrogen-bond acceptors (Lipinski definition) is 5. The lowest BCUT2D eigenvalue weighted by molar-refractivity contribution is 0.185. The molecule has 6 heteroatoms. The average Bonchev–Trinajstić information content (AvgIpc) is 2.62. The SMILES string of the molecule is Fc1ccc2ncnc(N3CCC(N4CCSCC4)CC3)c2c1. The maximum absolute atomic E-state index is 13.6. The van der Waals surface area contributed by atoms with E-state index in [1.165, 1.54) is 30.7 Å². The normalized spacial score (nSPS) is 21.0. The summed E-state index contributed by atoms with van der Waals surface area (Å²) < 4.78 is 13.6. The summed E-state index contributed by atoms with van der Waals surface area (Å²) in [5.41, 5.74) is 0.812. The van der Waals surface area contributed by atoms with E-state index in [-0.39, 0.29) is 5.82 Å². The molecular formula is C17H21FN4S. The van der Waals surface area contributed by atoms with Gasteiger partial charge in [-0.3, -0.25) is 4.90 Å². The summed E-state index contributed by atoms with van der Waals surface area (Å²) in [6.07, 6.45) is 3.90. The Hall–Kier alpha value is -1.40. The highest BCUT2D eigenvalue weighted by Crippen LogP contribution is 2.28. The van der Waals surface area contributed by atoms with Crippen LogP contribution in [0.4, 0.5) is 10.2 Å². The number of benzene rings is 1. The van der Waals surface area contributed by atoms with Gasteiger partial charge in [-0.2, -0.15) is 11.8 Å². The summed E-state index contributed by atoms with van der Waals surface area (Å²) in [5.74, 6) is 3.17. The molecule has 0 saturated carbocycles. The molecule has 0 aliphatic carbocycles. The van der Waals surface area contributed by atoms with E-state index in [0.717, 1.165) is 42.7 Å². The minimum absolute atomic E-state index is 0.228. The molecular weight excluding hydrogens is 311 g/mol. The fourth-order valence-corrected chi connectivity index (χ4v) is 4.58. The number of aromatic nitrogens is 2. The zero-order valence-electron chi connectivity index (χ0n) is 13.1. The Labute approximate surface area is 140 Å². The van der Waals surface area contributed by atoms with Crippen LogP contribution in [-0.4, -0.2) is 58.6 Å². The van der Waals surface area contributed by atoms with Gasteiger partial charge in [-0.1, -0.05) is 0 Å². The van der Waals surface area contributed by atoms with Gasteiger partial charge in [-0.25, -0.2) is 14.4 Å². The van der Waals surface area contributed by atoms with Crippen molar-refractivity contribution in [3.05, 3.63) is 30.3 Å². The van der Waals surface area contributed by atoms with Crippen molar-refractivity contribution in [1.29, 1.82) is 0 Å². The Morgan fingerprint density at radius 1 is 1.04 bits per heavy atom. The second kappa shape index (κ2) is 6.61. The number of rotatable bonds is 2. The Kier molecular flexibility index (Phi) is 4.35. The van der Waals surface area contributed by atoms with Gasteiger partial charge in [-0.05, 0) is 31.0 Å². The molecule has 4 rings (SSSR count). The molecule has 1 aromatic heterocycles. The van der Waals surface area contributed by atoms with Crippen LogP contribution in [0.5, 0.6) is 0 Å². The van der Waals surface area contributed by atoms with Crippen molar-refractivity contribution in [1.82, 2.24) is 14.9 Å². The maximum atomic E-state index is 13.6. The Bertz CT molecular complexity index is 681. The molecule has 0 bridgehead atoms. The van der Waals surface area contributed by atoms with Gasteiger partial charge < -0.3 is 4.90 Å². The molecule has 122 valence electrons. The lowest BCUT2D eigenvalue weighted by Gasteiger charge is -2.40. The van der Waals surface area contributed by atoms with E-state index in [9.17, 15) is 4.39 Å². The van der Waals surface area contributed by atoms with Gasteiger partial charge in [0.1, 0.15) is 18.0 Å². The summed E-state index contributed by atoms with van der Waals surface area (Å²) in [5, 5.41) is 0.820. The zero-order valence-corrected chi connectivity index (χ0v) is 13.9. The summed E-state index contributed by atoms with van der Waals surface area (Å²) in [4.78, 5) is 13.6. The fraction of sp³-hybridized carbons (Fsp3) is 0.529. The van der Waals surface area contributed by atoms with Crippen LogP contribution < -0.4 is 4.90 Å². The number of halogens is 1. The first-order valence-corrected chi connectivity index (χ1v) is 9.44. The Morgan fingerprint density at radius 2 is 1.83 bits per heavy atom. The minimum atomic E-state index is -0.228. The molecule has 2 aromatic rings. The van der Waals surface area contributed by atoms with Gasteiger partial charge in [-0.15, -0.1) is 0 Å². The summed E-state index contributed by atoms with van der Waals surface area (Å²) in [6, 6.07) is 5.43. The smallest absolute Gasteiger partial charge is 0.139 e. The molecule has 1 aromatic carbocycles. The third-order valence-electron chi connectivity index (χ3n) is 4.90. The molecule has 3 heterocycles. The first-order chi connectivity index (χ1) is 11.3. The molecule has 0 spiro atoms. The van der Waals surface area contributed by atoms with E-state index in [2.05, 4.69) is 31.5 Å². The van der Waals surface area contributed by atoms with Crippen LogP contribution in [0.15, 0.2) is 24.5 Å².